The minimum Gasteiger partial charge on any atom is -0.527 e. The quantitative estimate of drug-likeness (QED) is 0.730. The Morgan fingerprint density at radius 1 is 1.43 bits per heavy atom. The average Bonchev–Trinajstić information content (AvgIpc) is 2.67. The molecule has 0 fully saturated rings. The Kier molecular flexibility index (Phi) is 3.58. The molecule has 71 valence electrons. The summed E-state index contributed by atoms with van der Waals surface area (Å²) < 4.78 is 5.14. The van der Waals surface area contributed by atoms with E-state index >= 15 is 0 Å². The van der Waals surface area contributed by atoms with Gasteiger partial charge in [0.15, 0.2) is 0 Å². The largest absolute Gasteiger partial charge is 0.527 e. The summed E-state index contributed by atoms with van der Waals surface area (Å²) in [6.07, 6.45) is 1.66. The molecule has 0 amide bonds. The van der Waals surface area contributed by atoms with Crippen molar-refractivity contribution < 1.29 is 24.5 Å². The van der Waals surface area contributed by atoms with E-state index in [1.165, 1.54) is 6.07 Å². The van der Waals surface area contributed by atoms with Crippen molar-refractivity contribution in [3.63, 3.8) is 0 Å². The molecule has 4 heteroatoms. The molecule has 0 aliphatic rings. The van der Waals surface area contributed by atoms with Crippen LogP contribution in [-0.4, -0.2) is 4.98 Å². The SMILES string of the molecule is N#Cc1c[c-]c(-c2ccccn2)o1.[Ir]. The molecule has 0 unspecified atom stereocenters. The van der Waals surface area contributed by atoms with E-state index in [9.17, 15) is 0 Å². The predicted molar refractivity (Wildman–Crippen MR) is 45.5 cm³/mol. The molecular weight excluding hydrogens is 356 g/mol. The molecule has 2 aromatic rings. The fourth-order valence-corrected chi connectivity index (χ4v) is 0.978. The van der Waals surface area contributed by atoms with E-state index in [4.69, 9.17) is 9.68 Å². The van der Waals surface area contributed by atoms with Gasteiger partial charge in [-0.05, 0) is 6.07 Å². The van der Waals surface area contributed by atoms with Crippen molar-refractivity contribution >= 4 is 0 Å². The van der Waals surface area contributed by atoms with Crippen LogP contribution < -0.4 is 0 Å². The van der Waals surface area contributed by atoms with Crippen LogP contribution >= 0.6 is 0 Å². The minimum atomic E-state index is 0. The first-order valence-corrected chi connectivity index (χ1v) is 3.73. The van der Waals surface area contributed by atoms with Crippen molar-refractivity contribution in [2.75, 3.05) is 0 Å². The fraction of sp³-hybridized carbons (Fsp3) is 0. The first-order valence-electron chi connectivity index (χ1n) is 3.73. The number of nitrogens with zero attached hydrogens (tertiary/aromatic N) is 2. The van der Waals surface area contributed by atoms with Crippen LogP contribution in [0.1, 0.15) is 5.76 Å². The van der Waals surface area contributed by atoms with Crippen molar-refractivity contribution in [2.45, 2.75) is 0 Å². The molecule has 0 aliphatic heterocycles. The van der Waals surface area contributed by atoms with Crippen LogP contribution in [0.2, 0.25) is 0 Å². The summed E-state index contributed by atoms with van der Waals surface area (Å²) in [5.41, 5.74) is 0.684. The maximum absolute atomic E-state index is 8.51. The number of nitriles is 1. The third kappa shape index (κ3) is 2.08. The van der Waals surface area contributed by atoms with Gasteiger partial charge in [0, 0.05) is 37.8 Å². The van der Waals surface area contributed by atoms with E-state index in [1.54, 1.807) is 12.3 Å². The number of pyridine rings is 1. The van der Waals surface area contributed by atoms with Gasteiger partial charge in [-0.15, -0.1) is 12.1 Å². The van der Waals surface area contributed by atoms with Gasteiger partial charge in [0.2, 0.25) is 0 Å². The molecule has 0 atom stereocenters. The molecule has 2 heterocycles. The van der Waals surface area contributed by atoms with E-state index in [2.05, 4.69) is 11.1 Å². The van der Waals surface area contributed by atoms with E-state index in [1.807, 2.05) is 18.2 Å². The molecule has 0 spiro atoms. The van der Waals surface area contributed by atoms with E-state index in [0.717, 1.165) is 0 Å². The smallest absolute Gasteiger partial charge is 0.0999 e. The summed E-state index contributed by atoms with van der Waals surface area (Å²) in [6, 6.07) is 11.7. The molecule has 3 nitrogen and oxygen atoms in total. The van der Waals surface area contributed by atoms with Gasteiger partial charge in [0.25, 0.3) is 0 Å². The second kappa shape index (κ2) is 4.71. The van der Waals surface area contributed by atoms with Gasteiger partial charge in [0.05, 0.1) is 11.8 Å². The van der Waals surface area contributed by atoms with Crippen molar-refractivity contribution in [3.05, 3.63) is 42.3 Å². The Balaban J connectivity index is 0.000000980. The van der Waals surface area contributed by atoms with Gasteiger partial charge >= 0.3 is 0 Å². The zero-order valence-electron chi connectivity index (χ0n) is 7.02. The molecular formula is C10H5IrN2O-. The third-order valence-corrected chi connectivity index (χ3v) is 1.55. The zero-order valence-corrected chi connectivity index (χ0v) is 9.42. The van der Waals surface area contributed by atoms with Crippen LogP contribution in [0, 0.1) is 17.4 Å². The second-order valence-electron chi connectivity index (χ2n) is 2.41. The zero-order chi connectivity index (χ0) is 9.10. The summed E-state index contributed by atoms with van der Waals surface area (Å²) in [4.78, 5) is 4.06. The van der Waals surface area contributed by atoms with E-state index < -0.39 is 0 Å². The van der Waals surface area contributed by atoms with Crippen LogP contribution in [-0.2, 0) is 20.1 Å². The molecule has 0 N–H and O–H groups in total. The predicted octanol–water partition coefficient (Wildman–Crippen LogP) is 2.01. The van der Waals surface area contributed by atoms with Crippen LogP contribution in [0.15, 0.2) is 34.9 Å². The first kappa shape index (κ1) is 10.6. The van der Waals surface area contributed by atoms with Crippen LogP contribution in [0.3, 0.4) is 0 Å². The summed E-state index contributed by atoms with van der Waals surface area (Å²) >= 11 is 0. The Morgan fingerprint density at radius 3 is 2.86 bits per heavy atom. The van der Waals surface area contributed by atoms with Crippen LogP contribution in [0.4, 0.5) is 0 Å². The molecule has 0 aliphatic carbocycles. The van der Waals surface area contributed by atoms with E-state index in [-0.39, 0.29) is 25.9 Å². The molecule has 14 heavy (non-hydrogen) atoms. The van der Waals surface area contributed by atoms with Crippen molar-refractivity contribution in [1.29, 1.82) is 5.26 Å². The summed E-state index contributed by atoms with van der Waals surface area (Å²) in [5, 5.41) is 8.51. The normalized spacial score (nSPS) is 8.79. The number of hydrogen-bond acceptors (Lipinski definition) is 3. The van der Waals surface area contributed by atoms with Gasteiger partial charge in [0.1, 0.15) is 0 Å². The number of furan rings is 1. The van der Waals surface area contributed by atoms with Crippen molar-refractivity contribution in [1.82, 2.24) is 4.98 Å². The Bertz CT molecular complexity index is 445. The molecule has 0 bridgehead atoms. The third-order valence-electron chi connectivity index (χ3n) is 1.55. The Hall–Kier alpha value is -1.43. The van der Waals surface area contributed by atoms with Crippen molar-refractivity contribution in [3.8, 4) is 17.5 Å². The molecule has 0 saturated carbocycles. The second-order valence-corrected chi connectivity index (χ2v) is 2.41. The summed E-state index contributed by atoms with van der Waals surface area (Å²) in [7, 11) is 0. The topological polar surface area (TPSA) is 49.8 Å². The number of hydrogen-bond donors (Lipinski definition) is 0. The molecule has 2 rings (SSSR count). The maximum atomic E-state index is 8.51. The van der Waals surface area contributed by atoms with E-state index in [0.29, 0.717) is 11.5 Å². The molecule has 1 radical (unpaired) electrons. The fourth-order valence-electron chi connectivity index (χ4n) is 0.978. The molecule has 2 aromatic heterocycles. The average molecular weight is 361 g/mol. The Labute approximate surface area is 94.7 Å². The monoisotopic (exact) mass is 362 g/mol. The summed E-state index contributed by atoms with van der Waals surface area (Å²) in [5.74, 6) is 0.748. The maximum Gasteiger partial charge on any atom is 0.0999 e. The molecule has 0 aromatic carbocycles. The van der Waals surface area contributed by atoms with Gasteiger partial charge in [-0.2, -0.15) is 0 Å². The Morgan fingerprint density at radius 2 is 2.29 bits per heavy atom. The number of aromatic nitrogens is 1. The summed E-state index contributed by atoms with van der Waals surface area (Å²) in [6.45, 7) is 0. The first-order chi connectivity index (χ1) is 6.40. The minimum absolute atomic E-state index is 0. The van der Waals surface area contributed by atoms with Gasteiger partial charge in [-0.25, -0.2) is 5.26 Å². The number of rotatable bonds is 1. The van der Waals surface area contributed by atoms with Gasteiger partial charge in [-0.1, -0.05) is 12.1 Å². The van der Waals surface area contributed by atoms with Gasteiger partial charge in [-0.3, -0.25) is 0 Å². The van der Waals surface area contributed by atoms with Gasteiger partial charge < -0.3 is 9.40 Å². The van der Waals surface area contributed by atoms with Crippen molar-refractivity contribution in [2.24, 2.45) is 0 Å². The van der Waals surface area contributed by atoms with Crippen LogP contribution in [0.25, 0.3) is 11.5 Å². The standard InChI is InChI=1S/C10H5N2O.Ir/c11-7-8-4-5-10(13-8)9-3-1-2-6-12-9;/h1-4,6H;/q-1;. The molecule has 0 saturated heterocycles. The van der Waals surface area contributed by atoms with Crippen LogP contribution in [0.5, 0.6) is 0 Å².